The molecule has 0 radical (unpaired) electrons. The van der Waals surface area contributed by atoms with Gasteiger partial charge in [0.25, 0.3) is 0 Å². The molecule has 1 N–H and O–H groups in total. The van der Waals surface area contributed by atoms with E-state index in [1.807, 2.05) is 36.7 Å². The lowest BCUT2D eigenvalue weighted by molar-refractivity contribution is -0.0000264. The fourth-order valence-corrected chi connectivity index (χ4v) is 3.96. The van der Waals surface area contributed by atoms with Crippen LogP contribution in [0.15, 0.2) is 18.2 Å². The Balaban J connectivity index is 0.00000300. The van der Waals surface area contributed by atoms with E-state index < -0.39 is 6.10 Å². The molecule has 2 heterocycles. The molecule has 1 aromatic heterocycles. The summed E-state index contributed by atoms with van der Waals surface area (Å²) in [6.45, 7) is 7.04. The van der Waals surface area contributed by atoms with Gasteiger partial charge < -0.3 is 36.5 Å². The average molecular weight is 424 g/mol. The summed E-state index contributed by atoms with van der Waals surface area (Å²) in [6, 6.07) is 5.70. The zero-order valence-electron chi connectivity index (χ0n) is 17.6. The molecule has 2 aromatic rings. The number of ether oxygens (including phenoxy) is 2. The summed E-state index contributed by atoms with van der Waals surface area (Å²) in [5.41, 5.74) is 2.40. The van der Waals surface area contributed by atoms with Crippen molar-refractivity contribution < 1.29 is 31.8 Å². The van der Waals surface area contributed by atoms with Crippen molar-refractivity contribution in [2.45, 2.75) is 45.6 Å². The number of aliphatic hydroxyl groups is 1. The molecule has 0 bridgehead atoms. The first-order chi connectivity index (χ1) is 13.5. The molecule has 1 aliphatic rings. The smallest absolute Gasteiger partial charge is 0.340 e. The van der Waals surface area contributed by atoms with Crippen LogP contribution in [-0.4, -0.2) is 59.5 Å². The van der Waals surface area contributed by atoms with E-state index in [4.69, 9.17) is 9.47 Å². The molecule has 1 atom stereocenters. The lowest BCUT2D eigenvalue weighted by atomic mass is 10.1. The van der Waals surface area contributed by atoms with Crippen molar-refractivity contribution in [1.82, 2.24) is 9.47 Å². The monoisotopic (exact) mass is 423 g/mol. The molecule has 7 heteroatoms. The topological polar surface area (TPSA) is 63.9 Å². The van der Waals surface area contributed by atoms with Crippen LogP contribution in [0.5, 0.6) is 5.75 Å². The molecule has 1 fully saturated rings. The molecule has 0 aliphatic carbocycles. The number of rotatable bonds is 7. The maximum atomic E-state index is 12.4. The SMILES string of the molecule is CCOC(=O)c1c(C)n(C)c2ccc(OCC(O)CN3CCCCCC3)cc12.[Cl-]. The van der Waals surface area contributed by atoms with Crippen LogP contribution in [-0.2, 0) is 11.8 Å². The quantitative estimate of drug-likeness (QED) is 0.648. The van der Waals surface area contributed by atoms with Crippen molar-refractivity contribution in [3.63, 3.8) is 0 Å². The summed E-state index contributed by atoms with van der Waals surface area (Å²) < 4.78 is 13.1. The maximum absolute atomic E-state index is 12.4. The third-order valence-electron chi connectivity index (χ3n) is 5.55. The minimum atomic E-state index is -0.532. The summed E-state index contributed by atoms with van der Waals surface area (Å²) in [7, 11) is 1.94. The van der Waals surface area contributed by atoms with Gasteiger partial charge >= 0.3 is 5.97 Å². The molecular weight excluding hydrogens is 392 g/mol. The van der Waals surface area contributed by atoms with E-state index in [0.717, 1.165) is 29.7 Å². The highest BCUT2D eigenvalue weighted by Gasteiger charge is 2.20. The minimum Gasteiger partial charge on any atom is -1.00 e. The first-order valence-corrected chi connectivity index (χ1v) is 10.3. The third-order valence-corrected chi connectivity index (χ3v) is 5.55. The number of benzene rings is 1. The van der Waals surface area contributed by atoms with Crippen LogP contribution in [0.3, 0.4) is 0 Å². The second-order valence-corrected chi connectivity index (χ2v) is 7.60. The molecule has 1 aliphatic heterocycles. The van der Waals surface area contributed by atoms with E-state index in [1.165, 1.54) is 25.7 Å². The Morgan fingerprint density at radius 2 is 1.90 bits per heavy atom. The van der Waals surface area contributed by atoms with E-state index in [9.17, 15) is 9.90 Å². The molecule has 0 spiro atoms. The third kappa shape index (κ3) is 5.65. The Labute approximate surface area is 179 Å². The fraction of sp³-hybridized carbons (Fsp3) is 0.591. The van der Waals surface area contributed by atoms with Gasteiger partial charge in [-0.1, -0.05) is 12.8 Å². The van der Waals surface area contributed by atoms with Gasteiger partial charge in [0.05, 0.1) is 12.2 Å². The van der Waals surface area contributed by atoms with Gasteiger partial charge in [-0.2, -0.15) is 0 Å². The number of carbonyl (C=O) groups is 1. The molecule has 3 rings (SSSR count). The number of esters is 1. The number of aryl methyl sites for hydroxylation is 1. The molecule has 0 amide bonds. The Morgan fingerprint density at radius 3 is 2.55 bits per heavy atom. The highest BCUT2D eigenvalue weighted by molar-refractivity contribution is 6.06. The highest BCUT2D eigenvalue weighted by Crippen LogP contribution is 2.29. The van der Waals surface area contributed by atoms with Gasteiger partial charge in [-0.3, -0.25) is 0 Å². The Morgan fingerprint density at radius 1 is 1.21 bits per heavy atom. The summed E-state index contributed by atoms with van der Waals surface area (Å²) >= 11 is 0. The van der Waals surface area contributed by atoms with Gasteiger partial charge in [0, 0.05) is 30.2 Å². The number of carbonyl (C=O) groups excluding carboxylic acids is 1. The second kappa shape index (κ2) is 10.9. The average Bonchev–Trinajstić information content (AvgIpc) is 2.84. The lowest BCUT2D eigenvalue weighted by Gasteiger charge is -2.23. The van der Waals surface area contributed by atoms with Crippen molar-refractivity contribution >= 4 is 16.9 Å². The number of likely N-dealkylation sites (tertiary alicyclic amines) is 1. The predicted molar refractivity (Wildman–Crippen MR) is 110 cm³/mol. The van der Waals surface area contributed by atoms with Crippen molar-refractivity contribution in [2.24, 2.45) is 7.05 Å². The number of nitrogens with zero attached hydrogens (tertiary/aromatic N) is 2. The van der Waals surface area contributed by atoms with E-state index in [-0.39, 0.29) is 25.0 Å². The van der Waals surface area contributed by atoms with Gasteiger partial charge in [0.15, 0.2) is 0 Å². The molecule has 1 aromatic carbocycles. The van der Waals surface area contributed by atoms with Gasteiger partial charge in [-0.15, -0.1) is 0 Å². The van der Waals surface area contributed by atoms with Crippen molar-refractivity contribution in [2.75, 3.05) is 32.8 Å². The van der Waals surface area contributed by atoms with E-state index in [2.05, 4.69) is 4.90 Å². The van der Waals surface area contributed by atoms with Crippen LogP contribution >= 0.6 is 0 Å². The zero-order chi connectivity index (χ0) is 20.1. The summed E-state index contributed by atoms with van der Waals surface area (Å²) in [4.78, 5) is 14.7. The van der Waals surface area contributed by atoms with Crippen LogP contribution < -0.4 is 17.1 Å². The highest BCUT2D eigenvalue weighted by atomic mass is 35.5. The molecule has 29 heavy (non-hydrogen) atoms. The number of aliphatic hydroxyl groups excluding tert-OH is 1. The van der Waals surface area contributed by atoms with E-state index >= 15 is 0 Å². The fourth-order valence-electron chi connectivity index (χ4n) is 3.96. The van der Waals surface area contributed by atoms with Crippen LogP contribution in [0, 0.1) is 6.92 Å². The zero-order valence-corrected chi connectivity index (χ0v) is 18.4. The summed E-state index contributed by atoms with van der Waals surface area (Å²) in [5, 5.41) is 11.2. The number of β-amino-alcohol motifs (C(OH)–C–C–N with tert-alkyl or cyclic N) is 1. The largest absolute Gasteiger partial charge is 1.00 e. The van der Waals surface area contributed by atoms with Crippen LogP contribution in [0.4, 0.5) is 0 Å². The molecular formula is C22H32ClN2O4-. The molecule has 0 saturated carbocycles. The number of halogens is 1. The van der Waals surface area contributed by atoms with Gasteiger partial charge in [-0.25, -0.2) is 4.79 Å². The first-order valence-electron chi connectivity index (χ1n) is 10.3. The molecule has 1 saturated heterocycles. The second-order valence-electron chi connectivity index (χ2n) is 7.60. The number of hydrogen-bond acceptors (Lipinski definition) is 5. The standard InChI is InChI=1S/C22H32N2O4.ClH/c1-4-27-22(26)21-16(2)23(3)20-10-9-18(13-19(20)21)28-15-17(25)14-24-11-7-5-6-8-12-24;/h9-10,13,17,25H,4-8,11-12,14-15H2,1-3H3;1H/p-1. The normalized spacial score (nSPS) is 16.1. The maximum Gasteiger partial charge on any atom is 0.340 e. The van der Waals surface area contributed by atoms with Crippen molar-refractivity contribution in [1.29, 1.82) is 0 Å². The van der Waals surface area contributed by atoms with Crippen LogP contribution in [0.25, 0.3) is 10.9 Å². The van der Waals surface area contributed by atoms with Crippen molar-refractivity contribution in [3.8, 4) is 5.75 Å². The number of hydrogen-bond donors (Lipinski definition) is 1. The molecule has 6 nitrogen and oxygen atoms in total. The minimum absolute atomic E-state index is 0. The Kier molecular flexibility index (Phi) is 8.80. The first kappa shape index (κ1) is 23.5. The van der Waals surface area contributed by atoms with E-state index in [1.54, 1.807) is 6.92 Å². The molecule has 162 valence electrons. The summed E-state index contributed by atoms with van der Waals surface area (Å²) in [5.74, 6) is 0.336. The van der Waals surface area contributed by atoms with Gasteiger partial charge in [0.1, 0.15) is 18.5 Å². The Bertz CT molecular complexity index is 813. The number of aromatic nitrogens is 1. The van der Waals surface area contributed by atoms with Gasteiger partial charge in [0.2, 0.25) is 0 Å². The molecule has 1 unspecified atom stereocenters. The predicted octanol–water partition coefficient (Wildman–Crippen LogP) is 0.283. The van der Waals surface area contributed by atoms with E-state index in [0.29, 0.717) is 24.5 Å². The van der Waals surface area contributed by atoms with Crippen molar-refractivity contribution in [3.05, 3.63) is 29.5 Å². The van der Waals surface area contributed by atoms with Crippen LogP contribution in [0.2, 0.25) is 0 Å². The van der Waals surface area contributed by atoms with Crippen LogP contribution in [0.1, 0.15) is 48.7 Å². The number of fused-ring (bicyclic) bond motifs is 1. The Hall–Kier alpha value is -1.76. The van der Waals surface area contributed by atoms with Gasteiger partial charge in [-0.05, 0) is 58.0 Å². The lowest BCUT2D eigenvalue weighted by Crippen LogP contribution is -3.00. The summed E-state index contributed by atoms with van der Waals surface area (Å²) in [6.07, 6.45) is 4.43.